The van der Waals surface area contributed by atoms with Crippen LogP contribution < -0.4 is 5.32 Å². The smallest absolute Gasteiger partial charge is 0.261 e. The van der Waals surface area contributed by atoms with Crippen molar-refractivity contribution >= 4 is 27.3 Å². The van der Waals surface area contributed by atoms with Crippen LogP contribution in [-0.2, 0) is 6.42 Å². The number of halogens is 2. The lowest BCUT2D eigenvalue weighted by Gasteiger charge is -2.03. The molecule has 0 unspecified atom stereocenters. The molecule has 2 nitrogen and oxygen atoms in total. The van der Waals surface area contributed by atoms with Crippen molar-refractivity contribution in [3.05, 3.63) is 70.6 Å². The maximum Gasteiger partial charge on any atom is 0.261 e. The molecule has 0 bridgehead atoms. The van der Waals surface area contributed by atoms with E-state index in [1.165, 1.54) is 35.6 Å². The predicted molar refractivity (Wildman–Crippen MR) is 84.2 cm³/mol. The van der Waals surface area contributed by atoms with Crippen LogP contribution in [0, 0.1) is 11.6 Å². The Bertz CT molecular complexity index is 811. The van der Waals surface area contributed by atoms with Gasteiger partial charge >= 0.3 is 0 Å². The third kappa shape index (κ3) is 3.31. The second-order valence-corrected chi connectivity index (χ2v) is 6.01. The van der Waals surface area contributed by atoms with Gasteiger partial charge in [0.1, 0.15) is 11.6 Å². The predicted octanol–water partition coefficient (Wildman–Crippen LogP) is 4.15. The largest absolute Gasteiger partial charge is 0.351 e. The molecular formula is C17H13F2NOS. The third-order valence-electron chi connectivity index (χ3n) is 3.31. The van der Waals surface area contributed by atoms with Gasteiger partial charge in [-0.3, -0.25) is 4.79 Å². The van der Waals surface area contributed by atoms with E-state index in [2.05, 4.69) is 5.32 Å². The fraction of sp³-hybridized carbons (Fsp3) is 0.118. The number of fused-ring (bicyclic) bond motifs is 1. The summed E-state index contributed by atoms with van der Waals surface area (Å²) >= 11 is 1.33. The van der Waals surface area contributed by atoms with E-state index in [-0.39, 0.29) is 17.5 Å². The highest BCUT2D eigenvalue weighted by Gasteiger charge is 2.10. The monoisotopic (exact) mass is 317 g/mol. The zero-order chi connectivity index (χ0) is 15.5. The minimum absolute atomic E-state index is 0.177. The van der Waals surface area contributed by atoms with Crippen LogP contribution in [0.1, 0.15) is 15.2 Å². The van der Waals surface area contributed by atoms with E-state index in [4.69, 9.17) is 0 Å². The molecule has 0 saturated carbocycles. The molecule has 0 saturated heterocycles. The Morgan fingerprint density at radius 3 is 2.50 bits per heavy atom. The van der Waals surface area contributed by atoms with Gasteiger partial charge in [-0.1, -0.05) is 12.1 Å². The average molecular weight is 317 g/mol. The van der Waals surface area contributed by atoms with Crippen molar-refractivity contribution in [2.75, 3.05) is 6.54 Å². The summed E-state index contributed by atoms with van der Waals surface area (Å²) in [6.45, 7) is 0.465. The standard InChI is InChI=1S/C17H13F2NOS/c18-13-3-1-11(2-4-13)7-8-20-17(21)16-10-12-9-14(19)5-6-15(12)22-16/h1-6,9-10H,7-8H2,(H,20,21). The lowest BCUT2D eigenvalue weighted by molar-refractivity contribution is 0.0958. The fourth-order valence-electron chi connectivity index (χ4n) is 2.18. The first-order valence-electron chi connectivity index (χ1n) is 6.83. The van der Waals surface area contributed by atoms with Crippen molar-refractivity contribution in [2.24, 2.45) is 0 Å². The molecule has 1 heterocycles. The van der Waals surface area contributed by atoms with Crippen molar-refractivity contribution in [2.45, 2.75) is 6.42 Å². The van der Waals surface area contributed by atoms with Crippen molar-refractivity contribution in [1.82, 2.24) is 5.32 Å². The molecular weight excluding hydrogens is 304 g/mol. The van der Waals surface area contributed by atoms with Crippen LogP contribution in [0.25, 0.3) is 10.1 Å². The van der Waals surface area contributed by atoms with Crippen LogP contribution in [0.4, 0.5) is 8.78 Å². The normalized spacial score (nSPS) is 10.8. The number of hydrogen-bond donors (Lipinski definition) is 1. The minimum Gasteiger partial charge on any atom is -0.351 e. The summed E-state index contributed by atoms with van der Waals surface area (Å²) < 4.78 is 26.8. The molecule has 3 aromatic rings. The second-order valence-electron chi connectivity index (χ2n) is 4.93. The molecule has 5 heteroatoms. The minimum atomic E-state index is -0.312. The molecule has 0 fully saturated rings. The number of hydrogen-bond acceptors (Lipinski definition) is 2. The topological polar surface area (TPSA) is 29.1 Å². The summed E-state index contributed by atoms with van der Waals surface area (Å²) in [5.41, 5.74) is 0.958. The molecule has 0 atom stereocenters. The summed E-state index contributed by atoms with van der Waals surface area (Å²) in [7, 11) is 0. The lowest BCUT2D eigenvalue weighted by atomic mass is 10.1. The van der Waals surface area contributed by atoms with Gasteiger partial charge in [-0.25, -0.2) is 8.78 Å². The first kappa shape index (κ1) is 14.7. The van der Waals surface area contributed by atoms with Gasteiger partial charge in [0, 0.05) is 11.2 Å². The molecule has 0 aliphatic heterocycles. The summed E-state index contributed by atoms with van der Waals surface area (Å²) in [5, 5.41) is 3.55. The van der Waals surface area contributed by atoms with Gasteiger partial charge < -0.3 is 5.32 Å². The van der Waals surface area contributed by atoms with E-state index in [9.17, 15) is 13.6 Å². The van der Waals surface area contributed by atoms with Gasteiger partial charge in [0.15, 0.2) is 0 Å². The Labute approximate surface area is 130 Å². The zero-order valence-corrected chi connectivity index (χ0v) is 12.4. The van der Waals surface area contributed by atoms with Gasteiger partial charge in [-0.15, -0.1) is 11.3 Å². The van der Waals surface area contributed by atoms with E-state index < -0.39 is 0 Å². The van der Waals surface area contributed by atoms with Crippen molar-refractivity contribution in [3.63, 3.8) is 0 Å². The molecule has 0 spiro atoms. The molecule has 0 aliphatic rings. The number of benzene rings is 2. The summed E-state index contributed by atoms with van der Waals surface area (Å²) in [5.74, 6) is -0.761. The first-order valence-corrected chi connectivity index (χ1v) is 7.65. The number of rotatable bonds is 4. The average Bonchev–Trinajstić information content (AvgIpc) is 2.92. The summed E-state index contributed by atoms with van der Waals surface area (Å²) in [4.78, 5) is 12.6. The second kappa shape index (κ2) is 6.23. The molecule has 1 N–H and O–H groups in total. The molecule has 0 aliphatic carbocycles. The van der Waals surface area contributed by atoms with Crippen LogP contribution in [0.5, 0.6) is 0 Å². The summed E-state index contributed by atoms with van der Waals surface area (Å²) in [6, 6.07) is 12.4. The number of carbonyl (C=O) groups excluding carboxylic acids is 1. The molecule has 22 heavy (non-hydrogen) atoms. The maximum atomic E-state index is 13.1. The molecule has 0 radical (unpaired) electrons. The molecule has 112 valence electrons. The van der Waals surface area contributed by atoms with Crippen LogP contribution in [-0.4, -0.2) is 12.5 Å². The first-order chi connectivity index (χ1) is 10.6. The third-order valence-corrected chi connectivity index (χ3v) is 4.43. The highest BCUT2D eigenvalue weighted by molar-refractivity contribution is 7.20. The molecule has 3 rings (SSSR count). The van der Waals surface area contributed by atoms with Crippen molar-refractivity contribution < 1.29 is 13.6 Å². The molecule has 1 aromatic heterocycles. The SMILES string of the molecule is O=C(NCCc1ccc(F)cc1)c1cc2cc(F)ccc2s1. The van der Waals surface area contributed by atoms with Crippen LogP contribution in [0.2, 0.25) is 0 Å². The summed E-state index contributed by atoms with van der Waals surface area (Å²) in [6.07, 6.45) is 0.630. The molecule has 2 aromatic carbocycles. The van der Waals surface area contributed by atoms with Crippen molar-refractivity contribution in [3.8, 4) is 0 Å². The van der Waals surface area contributed by atoms with Gasteiger partial charge in [0.2, 0.25) is 0 Å². The van der Waals surface area contributed by atoms with E-state index in [1.54, 1.807) is 24.3 Å². The Morgan fingerprint density at radius 1 is 1.00 bits per heavy atom. The van der Waals surface area contributed by atoms with E-state index >= 15 is 0 Å². The number of thiophene rings is 1. The van der Waals surface area contributed by atoms with E-state index in [0.29, 0.717) is 17.8 Å². The van der Waals surface area contributed by atoms with Crippen LogP contribution in [0.15, 0.2) is 48.5 Å². The Morgan fingerprint density at radius 2 is 1.73 bits per heavy atom. The van der Waals surface area contributed by atoms with Crippen molar-refractivity contribution in [1.29, 1.82) is 0 Å². The highest BCUT2D eigenvalue weighted by Crippen LogP contribution is 2.26. The van der Waals surface area contributed by atoms with Gasteiger partial charge in [-0.05, 0) is 53.8 Å². The Hall–Kier alpha value is -2.27. The number of carbonyl (C=O) groups is 1. The van der Waals surface area contributed by atoms with Gasteiger partial charge in [0.05, 0.1) is 4.88 Å². The van der Waals surface area contributed by atoms with Gasteiger partial charge in [-0.2, -0.15) is 0 Å². The van der Waals surface area contributed by atoms with Crippen LogP contribution >= 0.6 is 11.3 Å². The van der Waals surface area contributed by atoms with Crippen LogP contribution in [0.3, 0.4) is 0 Å². The quantitative estimate of drug-likeness (QED) is 0.769. The Balaban J connectivity index is 1.62. The van der Waals surface area contributed by atoms with E-state index in [1.807, 2.05) is 0 Å². The lowest BCUT2D eigenvalue weighted by Crippen LogP contribution is -2.24. The fourth-order valence-corrected chi connectivity index (χ4v) is 3.14. The molecule has 1 amide bonds. The number of amides is 1. The number of nitrogens with one attached hydrogen (secondary N) is 1. The van der Waals surface area contributed by atoms with Gasteiger partial charge in [0.25, 0.3) is 5.91 Å². The Kier molecular flexibility index (Phi) is 4.15. The maximum absolute atomic E-state index is 13.1. The highest BCUT2D eigenvalue weighted by atomic mass is 32.1. The zero-order valence-electron chi connectivity index (χ0n) is 11.6. The van der Waals surface area contributed by atoms with E-state index in [0.717, 1.165) is 15.6 Å².